The Morgan fingerprint density at radius 1 is 0.400 bits per heavy atom. The molecule has 0 fully saturated rings. The smallest absolute Gasteiger partial charge is 0.119 e. The van der Waals surface area contributed by atoms with Gasteiger partial charge in [-0.25, -0.2) is 0 Å². The maximum absolute atomic E-state index is 10.8. The van der Waals surface area contributed by atoms with Crippen molar-refractivity contribution in [3.8, 4) is 5.75 Å². The summed E-state index contributed by atoms with van der Waals surface area (Å²) in [6, 6.07) is 4.25. The minimum Gasteiger partial charge on any atom is -0.508 e. The highest BCUT2D eigenvalue weighted by atomic mass is 16.3. The van der Waals surface area contributed by atoms with Gasteiger partial charge >= 0.3 is 0 Å². The molecule has 0 bridgehead atoms. The van der Waals surface area contributed by atoms with E-state index in [1.54, 1.807) is 0 Å². The molecule has 0 unspecified atom stereocenters. The first kappa shape index (κ1) is 32.0. The predicted octanol–water partition coefficient (Wildman–Crippen LogP) is 11.7. The Hall–Kier alpha value is -0.980. The molecule has 1 rings (SSSR count). The van der Waals surface area contributed by atoms with Crippen molar-refractivity contribution in [2.75, 3.05) is 0 Å². The molecule has 0 radical (unpaired) electrons. The third kappa shape index (κ3) is 16.4. The molecule has 0 saturated heterocycles. The van der Waals surface area contributed by atoms with Gasteiger partial charge in [0, 0.05) is 0 Å². The van der Waals surface area contributed by atoms with Crippen LogP contribution in [-0.4, -0.2) is 5.11 Å². The van der Waals surface area contributed by atoms with E-state index in [0.29, 0.717) is 5.75 Å². The second-order valence-electron chi connectivity index (χ2n) is 11.2. The van der Waals surface area contributed by atoms with Crippen molar-refractivity contribution in [3.05, 3.63) is 28.8 Å². The molecule has 0 aromatic heterocycles. The van der Waals surface area contributed by atoms with E-state index in [1.165, 1.54) is 171 Å². The highest BCUT2D eigenvalue weighted by Crippen LogP contribution is 2.30. The van der Waals surface area contributed by atoms with Gasteiger partial charge in [0.15, 0.2) is 0 Å². The van der Waals surface area contributed by atoms with Gasteiger partial charge in [-0.3, -0.25) is 0 Å². The predicted molar refractivity (Wildman–Crippen MR) is 158 cm³/mol. The molecule has 1 N–H and O–H groups in total. The lowest BCUT2D eigenvalue weighted by Crippen LogP contribution is -2.03. The van der Waals surface area contributed by atoms with E-state index in [0.717, 1.165) is 6.42 Å². The first-order chi connectivity index (χ1) is 17.2. The van der Waals surface area contributed by atoms with Crippen LogP contribution in [0.1, 0.15) is 179 Å². The number of phenolic OH excluding ortho intramolecular Hbond substituents is 1. The van der Waals surface area contributed by atoms with Crippen LogP contribution in [0.25, 0.3) is 0 Å². The number of aryl methyl sites for hydroxylation is 1. The third-order valence-corrected chi connectivity index (χ3v) is 7.86. The topological polar surface area (TPSA) is 20.2 Å². The van der Waals surface area contributed by atoms with Crippen molar-refractivity contribution in [2.24, 2.45) is 0 Å². The summed E-state index contributed by atoms with van der Waals surface area (Å²) in [4.78, 5) is 0. The van der Waals surface area contributed by atoms with Crippen LogP contribution in [0.2, 0.25) is 0 Å². The Kier molecular flexibility index (Phi) is 21.4. The van der Waals surface area contributed by atoms with Gasteiger partial charge in [0.1, 0.15) is 5.75 Å². The molecule has 1 aromatic rings. The molecule has 0 aliphatic heterocycles. The Balaban J connectivity index is 2.54. The van der Waals surface area contributed by atoms with Crippen molar-refractivity contribution in [1.29, 1.82) is 0 Å². The highest BCUT2D eigenvalue weighted by molar-refractivity contribution is 5.45. The molecular formula is C34H62O. The minimum absolute atomic E-state index is 0.564. The van der Waals surface area contributed by atoms with Gasteiger partial charge in [-0.05, 0) is 61.3 Å². The average Bonchev–Trinajstić information content (AvgIpc) is 2.86. The summed E-state index contributed by atoms with van der Waals surface area (Å²) >= 11 is 0. The largest absolute Gasteiger partial charge is 0.508 e. The molecule has 0 spiro atoms. The summed E-state index contributed by atoms with van der Waals surface area (Å²) in [7, 11) is 0. The van der Waals surface area contributed by atoms with Gasteiger partial charge in [0.2, 0.25) is 0 Å². The second kappa shape index (κ2) is 23.4. The van der Waals surface area contributed by atoms with E-state index >= 15 is 0 Å². The van der Waals surface area contributed by atoms with Gasteiger partial charge in [0.05, 0.1) is 0 Å². The van der Waals surface area contributed by atoms with Gasteiger partial charge in [0.25, 0.3) is 0 Å². The Bertz CT molecular complexity index is 590. The molecule has 204 valence electrons. The Morgan fingerprint density at radius 2 is 0.743 bits per heavy atom. The molecule has 35 heavy (non-hydrogen) atoms. The van der Waals surface area contributed by atoms with Crippen LogP contribution in [0.3, 0.4) is 0 Å². The number of hydrogen-bond acceptors (Lipinski definition) is 1. The van der Waals surface area contributed by atoms with E-state index in [1.807, 2.05) is 6.07 Å². The molecule has 0 saturated carbocycles. The van der Waals surface area contributed by atoms with E-state index in [9.17, 15) is 5.11 Å². The van der Waals surface area contributed by atoms with Crippen LogP contribution >= 0.6 is 0 Å². The average molecular weight is 487 g/mol. The van der Waals surface area contributed by atoms with E-state index < -0.39 is 0 Å². The standard InChI is InChI=1S/C34H62O/c1-4-7-10-13-15-16-17-19-22-25-28-33-32(27-24-21-18-14-11-8-5-2)31(29-30-34(33)35)26-23-20-12-9-6-3/h29-30,35H,4-28H2,1-3H3. The van der Waals surface area contributed by atoms with Crippen LogP contribution in [-0.2, 0) is 19.3 Å². The van der Waals surface area contributed by atoms with Crippen LogP contribution in [0.15, 0.2) is 12.1 Å². The fraction of sp³-hybridized carbons (Fsp3) is 0.824. The van der Waals surface area contributed by atoms with E-state index in [4.69, 9.17) is 0 Å². The normalized spacial score (nSPS) is 11.4. The van der Waals surface area contributed by atoms with Gasteiger partial charge in [-0.1, -0.05) is 149 Å². The first-order valence-corrected chi connectivity index (χ1v) is 16.1. The van der Waals surface area contributed by atoms with Crippen LogP contribution in [0, 0.1) is 0 Å². The number of unbranched alkanes of at least 4 members (excludes halogenated alkanes) is 19. The molecular weight excluding hydrogens is 424 g/mol. The Morgan fingerprint density at radius 3 is 1.17 bits per heavy atom. The van der Waals surface area contributed by atoms with Crippen molar-refractivity contribution < 1.29 is 5.11 Å². The zero-order valence-corrected chi connectivity index (χ0v) is 24.3. The van der Waals surface area contributed by atoms with Crippen molar-refractivity contribution in [3.63, 3.8) is 0 Å². The minimum atomic E-state index is 0.564. The highest BCUT2D eigenvalue weighted by Gasteiger charge is 2.13. The quantitative estimate of drug-likeness (QED) is 0.136. The van der Waals surface area contributed by atoms with Crippen molar-refractivity contribution >= 4 is 0 Å². The molecule has 0 heterocycles. The zero-order chi connectivity index (χ0) is 25.4. The summed E-state index contributed by atoms with van der Waals surface area (Å²) in [5.41, 5.74) is 4.35. The molecule has 1 aromatic carbocycles. The van der Waals surface area contributed by atoms with Gasteiger partial charge in [-0.2, -0.15) is 0 Å². The van der Waals surface area contributed by atoms with Crippen LogP contribution in [0.4, 0.5) is 0 Å². The summed E-state index contributed by atoms with van der Waals surface area (Å²) in [6.45, 7) is 6.88. The SMILES string of the molecule is CCCCCCCCCCCCc1c(O)ccc(CCCCCCC)c1CCCCCCCCC. The fourth-order valence-electron chi connectivity index (χ4n) is 5.52. The molecule has 0 aliphatic rings. The summed E-state index contributed by atoms with van der Waals surface area (Å²) in [5, 5.41) is 10.8. The zero-order valence-electron chi connectivity index (χ0n) is 24.3. The van der Waals surface area contributed by atoms with Gasteiger partial charge in [-0.15, -0.1) is 0 Å². The van der Waals surface area contributed by atoms with Crippen molar-refractivity contribution in [1.82, 2.24) is 0 Å². The monoisotopic (exact) mass is 486 g/mol. The maximum atomic E-state index is 10.8. The second-order valence-corrected chi connectivity index (χ2v) is 11.2. The van der Waals surface area contributed by atoms with Crippen molar-refractivity contribution in [2.45, 2.75) is 181 Å². The third-order valence-electron chi connectivity index (χ3n) is 7.86. The lowest BCUT2D eigenvalue weighted by atomic mass is 9.89. The molecule has 0 atom stereocenters. The number of phenols is 1. The van der Waals surface area contributed by atoms with Crippen LogP contribution < -0.4 is 0 Å². The Labute approximate surface area is 220 Å². The van der Waals surface area contributed by atoms with E-state index in [2.05, 4.69) is 26.8 Å². The summed E-state index contributed by atoms with van der Waals surface area (Å²) in [6.07, 6.45) is 33.3. The number of rotatable bonds is 25. The lowest BCUT2D eigenvalue weighted by Gasteiger charge is -2.17. The van der Waals surface area contributed by atoms with Crippen LogP contribution in [0.5, 0.6) is 5.75 Å². The summed E-state index contributed by atoms with van der Waals surface area (Å²) in [5.74, 6) is 0.564. The number of hydrogen-bond donors (Lipinski definition) is 1. The first-order valence-electron chi connectivity index (χ1n) is 16.1. The summed E-state index contributed by atoms with van der Waals surface area (Å²) < 4.78 is 0. The van der Waals surface area contributed by atoms with E-state index in [-0.39, 0.29) is 0 Å². The van der Waals surface area contributed by atoms with Gasteiger partial charge < -0.3 is 5.11 Å². The maximum Gasteiger partial charge on any atom is 0.119 e. The lowest BCUT2D eigenvalue weighted by molar-refractivity contribution is 0.463. The molecule has 1 nitrogen and oxygen atoms in total. The number of aromatic hydroxyl groups is 1. The molecule has 0 aliphatic carbocycles. The number of benzene rings is 1. The molecule has 1 heteroatoms. The molecule has 0 amide bonds. The fourth-order valence-corrected chi connectivity index (χ4v) is 5.52.